The van der Waals surface area contributed by atoms with Crippen molar-refractivity contribution < 1.29 is 0 Å². The Labute approximate surface area is 99.5 Å². The number of hydrogen-bond donors (Lipinski definition) is 1. The van der Waals surface area contributed by atoms with Gasteiger partial charge in [-0.1, -0.05) is 19.4 Å². The third kappa shape index (κ3) is 3.24. The largest absolute Gasteiger partial charge is 0.372 e. The van der Waals surface area contributed by atoms with Crippen molar-refractivity contribution in [3.05, 3.63) is 29.3 Å². The second-order valence-corrected chi connectivity index (χ2v) is 4.25. The van der Waals surface area contributed by atoms with Crippen molar-refractivity contribution in [3.63, 3.8) is 0 Å². The van der Waals surface area contributed by atoms with Crippen LogP contribution in [0.5, 0.6) is 0 Å². The third-order valence-corrected chi connectivity index (χ3v) is 3.07. The molecule has 2 N–H and O–H groups in total. The van der Waals surface area contributed by atoms with Gasteiger partial charge in [0.1, 0.15) is 0 Å². The van der Waals surface area contributed by atoms with E-state index in [1.54, 1.807) is 0 Å². The maximum Gasteiger partial charge on any atom is 0.0368 e. The molecule has 16 heavy (non-hydrogen) atoms. The van der Waals surface area contributed by atoms with Gasteiger partial charge in [-0.05, 0) is 43.5 Å². The van der Waals surface area contributed by atoms with Gasteiger partial charge in [-0.3, -0.25) is 0 Å². The van der Waals surface area contributed by atoms with Crippen LogP contribution in [0, 0.1) is 6.92 Å². The minimum absolute atomic E-state index is 0.632. The fourth-order valence-electron chi connectivity index (χ4n) is 1.92. The van der Waals surface area contributed by atoms with Crippen LogP contribution in [-0.2, 0) is 6.54 Å². The molecule has 0 aliphatic carbocycles. The van der Waals surface area contributed by atoms with Gasteiger partial charge in [0, 0.05) is 25.3 Å². The summed E-state index contributed by atoms with van der Waals surface area (Å²) in [6.45, 7) is 9.43. The van der Waals surface area contributed by atoms with Crippen molar-refractivity contribution in [2.24, 2.45) is 5.73 Å². The predicted molar refractivity (Wildman–Crippen MR) is 71.9 cm³/mol. The highest BCUT2D eigenvalue weighted by Gasteiger charge is 2.05. The lowest BCUT2D eigenvalue weighted by Crippen LogP contribution is -2.23. The average molecular weight is 220 g/mol. The standard InChI is InChI=1S/C14H24N2/c1-4-6-9-16(5-2)14-8-7-13(11-15)12(3)10-14/h7-8,10H,4-6,9,11,15H2,1-3H3. The predicted octanol–water partition coefficient (Wildman–Crippen LogP) is 3.08. The monoisotopic (exact) mass is 220 g/mol. The summed E-state index contributed by atoms with van der Waals surface area (Å²) >= 11 is 0. The first-order chi connectivity index (χ1) is 7.72. The van der Waals surface area contributed by atoms with Gasteiger partial charge >= 0.3 is 0 Å². The van der Waals surface area contributed by atoms with Gasteiger partial charge in [0.05, 0.1) is 0 Å². The van der Waals surface area contributed by atoms with E-state index in [4.69, 9.17) is 5.73 Å². The Morgan fingerprint density at radius 2 is 2.00 bits per heavy atom. The number of anilines is 1. The summed E-state index contributed by atoms with van der Waals surface area (Å²) < 4.78 is 0. The molecule has 0 bridgehead atoms. The third-order valence-electron chi connectivity index (χ3n) is 3.07. The van der Waals surface area contributed by atoms with Crippen molar-refractivity contribution in [2.45, 2.75) is 40.2 Å². The zero-order valence-electron chi connectivity index (χ0n) is 10.8. The van der Waals surface area contributed by atoms with E-state index in [2.05, 4.69) is 43.9 Å². The molecule has 1 aromatic rings. The summed E-state index contributed by atoms with van der Waals surface area (Å²) in [5, 5.41) is 0. The summed E-state index contributed by atoms with van der Waals surface area (Å²) in [5.74, 6) is 0. The molecule has 0 saturated carbocycles. The molecule has 90 valence electrons. The van der Waals surface area contributed by atoms with Crippen LogP contribution < -0.4 is 10.6 Å². The quantitative estimate of drug-likeness (QED) is 0.798. The topological polar surface area (TPSA) is 29.3 Å². The maximum atomic E-state index is 5.68. The van der Waals surface area contributed by atoms with E-state index >= 15 is 0 Å². The molecule has 1 aromatic carbocycles. The number of nitrogens with zero attached hydrogens (tertiary/aromatic N) is 1. The van der Waals surface area contributed by atoms with Crippen molar-refractivity contribution >= 4 is 5.69 Å². The van der Waals surface area contributed by atoms with Crippen molar-refractivity contribution in [2.75, 3.05) is 18.0 Å². The minimum Gasteiger partial charge on any atom is -0.372 e. The Hall–Kier alpha value is -1.02. The highest BCUT2D eigenvalue weighted by atomic mass is 15.1. The van der Waals surface area contributed by atoms with E-state index in [0.717, 1.165) is 13.1 Å². The van der Waals surface area contributed by atoms with E-state index in [9.17, 15) is 0 Å². The molecule has 0 fully saturated rings. The van der Waals surface area contributed by atoms with Crippen molar-refractivity contribution in [1.82, 2.24) is 0 Å². The smallest absolute Gasteiger partial charge is 0.0368 e. The van der Waals surface area contributed by atoms with Crippen LogP contribution in [0.2, 0.25) is 0 Å². The van der Waals surface area contributed by atoms with Crippen LogP contribution in [0.25, 0.3) is 0 Å². The van der Waals surface area contributed by atoms with E-state index in [-0.39, 0.29) is 0 Å². The van der Waals surface area contributed by atoms with Crippen LogP contribution in [0.15, 0.2) is 18.2 Å². The lowest BCUT2D eigenvalue weighted by molar-refractivity contribution is 0.732. The second-order valence-electron chi connectivity index (χ2n) is 4.25. The summed E-state index contributed by atoms with van der Waals surface area (Å²) in [4.78, 5) is 2.43. The van der Waals surface area contributed by atoms with Gasteiger partial charge in [-0.2, -0.15) is 0 Å². The lowest BCUT2D eigenvalue weighted by atomic mass is 10.1. The first-order valence-electron chi connectivity index (χ1n) is 6.27. The maximum absolute atomic E-state index is 5.68. The van der Waals surface area contributed by atoms with E-state index in [1.165, 1.54) is 29.7 Å². The van der Waals surface area contributed by atoms with Gasteiger partial charge in [0.15, 0.2) is 0 Å². The molecule has 2 heteroatoms. The zero-order chi connectivity index (χ0) is 12.0. The summed E-state index contributed by atoms with van der Waals surface area (Å²) in [5.41, 5.74) is 9.55. The Morgan fingerprint density at radius 1 is 1.25 bits per heavy atom. The number of rotatable bonds is 6. The average Bonchev–Trinajstić information content (AvgIpc) is 2.30. The summed E-state index contributed by atoms with van der Waals surface area (Å²) in [6, 6.07) is 6.59. The molecule has 0 atom stereocenters. The van der Waals surface area contributed by atoms with Crippen LogP contribution in [0.4, 0.5) is 5.69 Å². The lowest BCUT2D eigenvalue weighted by Gasteiger charge is -2.23. The molecule has 0 heterocycles. The highest BCUT2D eigenvalue weighted by molar-refractivity contribution is 5.50. The van der Waals surface area contributed by atoms with Gasteiger partial charge < -0.3 is 10.6 Å². The Bertz CT molecular complexity index is 321. The Morgan fingerprint density at radius 3 is 2.50 bits per heavy atom. The van der Waals surface area contributed by atoms with E-state index < -0.39 is 0 Å². The molecule has 1 rings (SSSR count). The Balaban J connectivity index is 2.80. The van der Waals surface area contributed by atoms with Gasteiger partial charge in [0.2, 0.25) is 0 Å². The first kappa shape index (κ1) is 13.0. The molecule has 2 nitrogen and oxygen atoms in total. The van der Waals surface area contributed by atoms with Gasteiger partial charge in [-0.25, -0.2) is 0 Å². The normalized spacial score (nSPS) is 10.5. The SMILES string of the molecule is CCCCN(CC)c1ccc(CN)c(C)c1. The molecule has 0 amide bonds. The molecule has 0 spiro atoms. The number of hydrogen-bond acceptors (Lipinski definition) is 2. The van der Waals surface area contributed by atoms with Gasteiger partial charge in [0.25, 0.3) is 0 Å². The van der Waals surface area contributed by atoms with Crippen LogP contribution in [0.1, 0.15) is 37.8 Å². The number of benzene rings is 1. The fourth-order valence-corrected chi connectivity index (χ4v) is 1.92. The van der Waals surface area contributed by atoms with Crippen LogP contribution >= 0.6 is 0 Å². The van der Waals surface area contributed by atoms with Crippen molar-refractivity contribution in [1.29, 1.82) is 0 Å². The zero-order valence-corrected chi connectivity index (χ0v) is 10.8. The fraction of sp³-hybridized carbons (Fsp3) is 0.571. The van der Waals surface area contributed by atoms with Crippen LogP contribution in [0.3, 0.4) is 0 Å². The van der Waals surface area contributed by atoms with Gasteiger partial charge in [-0.15, -0.1) is 0 Å². The molecule has 0 aromatic heterocycles. The molecule has 0 saturated heterocycles. The van der Waals surface area contributed by atoms with E-state index in [0.29, 0.717) is 6.54 Å². The molecule has 0 aliphatic rings. The first-order valence-corrected chi connectivity index (χ1v) is 6.27. The van der Waals surface area contributed by atoms with Crippen LogP contribution in [-0.4, -0.2) is 13.1 Å². The Kier molecular flexibility index (Phi) is 5.33. The summed E-state index contributed by atoms with van der Waals surface area (Å²) in [7, 11) is 0. The minimum atomic E-state index is 0.632. The molecular weight excluding hydrogens is 196 g/mol. The van der Waals surface area contributed by atoms with Crippen molar-refractivity contribution in [3.8, 4) is 0 Å². The van der Waals surface area contributed by atoms with E-state index in [1.807, 2.05) is 0 Å². The second kappa shape index (κ2) is 6.54. The number of nitrogens with two attached hydrogens (primary N) is 1. The number of unbranched alkanes of at least 4 members (excludes halogenated alkanes) is 1. The highest BCUT2D eigenvalue weighted by Crippen LogP contribution is 2.19. The molecular formula is C14H24N2. The molecule has 0 radical (unpaired) electrons. The molecule has 0 unspecified atom stereocenters. The molecule has 0 aliphatic heterocycles. The number of aryl methyl sites for hydroxylation is 1. The summed E-state index contributed by atoms with van der Waals surface area (Å²) in [6.07, 6.45) is 2.50.